The van der Waals surface area contributed by atoms with Gasteiger partial charge in [0, 0.05) is 38.5 Å². The maximum atomic E-state index is 12.5. The van der Waals surface area contributed by atoms with Crippen molar-refractivity contribution in [3.63, 3.8) is 0 Å². The molecule has 3 aliphatic heterocycles. The number of carbonyl (C=O) groups is 2. The number of likely N-dealkylation sites (tertiary alicyclic amines) is 2. The first-order valence-electron chi connectivity index (χ1n) is 10.2. The first-order valence-corrected chi connectivity index (χ1v) is 10.2. The molecule has 0 aromatic heterocycles. The molecule has 1 spiro atoms. The molecule has 0 saturated carbocycles. The second-order valence-electron chi connectivity index (χ2n) is 8.69. The van der Waals surface area contributed by atoms with Crippen molar-refractivity contribution in [3.05, 3.63) is 29.3 Å². The lowest BCUT2D eigenvalue weighted by molar-refractivity contribution is -0.120. The number of carbonyl (C=O) groups excluding carboxylic acids is 2. The summed E-state index contributed by atoms with van der Waals surface area (Å²) in [7, 11) is 0. The van der Waals surface area contributed by atoms with Crippen molar-refractivity contribution in [1.82, 2.24) is 15.1 Å². The first-order chi connectivity index (χ1) is 13.1. The van der Waals surface area contributed by atoms with Crippen LogP contribution >= 0.6 is 0 Å². The van der Waals surface area contributed by atoms with Gasteiger partial charge in [-0.15, -0.1) is 0 Å². The van der Waals surface area contributed by atoms with Gasteiger partial charge >= 0.3 is 6.03 Å². The van der Waals surface area contributed by atoms with E-state index in [0.29, 0.717) is 32.0 Å². The fourth-order valence-corrected chi connectivity index (χ4v) is 4.88. The van der Waals surface area contributed by atoms with Crippen LogP contribution in [0.1, 0.15) is 36.8 Å². The Kier molecular flexibility index (Phi) is 4.02. The number of urea groups is 1. The van der Waals surface area contributed by atoms with Gasteiger partial charge in [-0.3, -0.25) is 4.79 Å². The van der Waals surface area contributed by atoms with Gasteiger partial charge in [0.2, 0.25) is 5.91 Å². The zero-order chi connectivity index (χ0) is 18.4. The van der Waals surface area contributed by atoms with Crippen molar-refractivity contribution < 1.29 is 14.3 Å². The second-order valence-corrected chi connectivity index (χ2v) is 8.69. The Morgan fingerprint density at radius 1 is 1.11 bits per heavy atom. The van der Waals surface area contributed by atoms with Crippen molar-refractivity contribution in [2.75, 3.05) is 32.8 Å². The summed E-state index contributed by atoms with van der Waals surface area (Å²) >= 11 is 0. The van der Waals surface area contributed by atoms with E-state index in [1.165, 1.54) is 30.4 Å². The summed E-state index contributed by atoms with van der Waals surface area (Å²) in [5, 5.41) is 3.02. The van der Waals surface area contributed by atoms with Crippen molar-refractivity contribution >= 4 is 11.9 Å². The summed E-state index contributed by atoms with van der Waals surface area (Å²) in [4.78, 5) is 27.7. The Bertz CT molecular complexity index is 766. The zero-order valence-electron chi connectivity index (χ0n) is 15.7. The number of nitrogens with one attached hydrogen (secondary N) is 1. The maximum Gasteiger partial charge on any atom is 0.320 e. The largest absolute Gasteiger partial charge is 0.493 e. The molecule has 0 bridgehead atoms. The van der Waals surface area contributed by atoms with Gasteiger partial charge in [0.1, 0.15) is 5.75 Å². The third-order valence-electron chi connectivity index (χ3n) is 6.53. The molecule has 6 heteroatoms. The first kappa shape index (κ1) is 16.9. The molecule has 0 atom stereocenters. The van der Waals surface area contributed by atoms with Crippen molar-refractivity contribution in [2.24, 2.45) is 5.92 Å². The Morgan fingerprint density at radius 3 is 2.63 bits per heavy atom. The molecule has 144 valence electrons. The van der Waals surface area contributed by atoms with E-state index < -0.39 is 0 Å². The molecule has 1 N–H and O–H groups in total. The summed E-state index contributed by atoms with van der Waals surface area (Å²) in [6, 6.07) is 6.60. The minimum absolute atomic E-state index is 0.104. The number of hydrogen-bond acceptors (Lipinski definition) is 3. The van der Waals surface area contributed by atoms with E-state index in [1.54, 1.807) is 0 Å². The summed E-state index contributed by atoms with van der Waals surface area (Å²) in [5.41, 5.74) is 2.78. The van der Waals surface area contributed by atoms with E-state index in [9.17, 15) is 9.59 Å². The summed E-state index contributed by atoms with van der Waals surface area (Å²) < 4.78 is 5.99. The van der Waals surface area contributed by atoms with Gasteiger partial charge < -0.3 is 19.9 Å². The summed E-state index contributed by atoms with van der Waals surface area (Å²) in [6.45, 7) is 3.51. The zero-order valence-corrected chi connectivity index (χ0v) is 15.7. The number of ether oxygens (including phenoxy) is 1. The molecule has 0 unspecified atom stereocenters. The summed E-state index contributed by atoms with van der Waals surface area (Å²) in [6.07, 6.45) is 6.37. The lowest BCUT2D eigenvalue weighted by Crippen LogP contribution is -2.71. The molecule has 6 nitrogen and oxygen atoms in total. The van der Waals surface area contributed by atoms with Gasteiger partial charge in [0.15, 0.2) is 0 Å². The lowest BCUT2D eigenvalue weighted by Gasteiger charge is -2.51. The van der Waals surface area contributed by atoms with Crippen LogP contribution in [0.2, 0.25) is 0 Å². The van der Waals surface area contributed by atoms with Crippen LogP contribution in [0.3, 0.4) is 0 Å². The van der Waals surface area contributed by atoms with Crippen LogP contribution in [0.5, 0.6) is 5.75 Å². The highest BCUT2D eigenvalue weighted by atomic mass is 16.5. The molecule has 0 radical (unpaired) electrons. The number of benzene rings is 1. The average molecular weight is 369 g/mol. The highest BCUT2D eigenvalue weighted by molar-refractivity contribution is 5.82. The Hall–Kier alpha value is -2.24. The Balaban J connectivity index is 1.06. The number of fused-ring (bicyclic) bond motifs is 1. The molecule has 1 aromatic rings. The highest BCUT2D eigenvalue weighted by Crippen LogP contribution is 2.32. The smallest absolute Gasteiger partial charge is 0.320 e. The molecule has 1 aromatic carbocycles. The average Bonchev–Trinajstić information content (AvgIpc) is 3.01. The van der Waals surface area contributed by atoms with Gasteiger partial charge in [-0.2, -0.15) is 0 Å². The van der Waals surface area contributed by atoms with E-state index in [-0.39, 0.29) is 17.5 Å². The van der Waals surface area contributed by atoms with E-state index >= 15 is 0 Å². The molecule has 5 rings (SSSR count). The van der Waals surface area contributed by atoms with Crippen LogP contribution in [0.4, 0.5) is 4.79 Å². The fourth-order valence-electron chi connectivity index (χ4n) is 4.88. The number of hydrogen-bond donors (Lipinski definition) is 1. The number of rotatable bonds is 3. The lowest BCUT2D eigenvalue weighted by atomic mass is 9.88. The van der Waals surface area contributed by atoms with Gasteiger partial charge in [-0.1, -0.05) is 6.07 Å². The van der Waals surface area contributed by atoms with Crippen molar-refractivity contribution in [2.45, 2.75) is 44.1 Å². The van der Waals surface area contributed by atoms with Gasteiger partial charge in [-0.05, 0) is 55.4 Å². The van der Waals surface area contributed by atoms with Crippen molar-refractivity contribution in [3.8, 4) is 5.75 Å². The van der Waals surface area contributed by atoms with Gasteiger partial charge in [0.05, 0.1) is 12.1 Å². The quantitative estimate of drug-likeness (QED) is 0.886. The van der Waals surface area contributed by atoms with Crippen molar-refractivity contribution in [1.29, 1.82) is 0 Å². The van der Waals surface area contributed by atoms with Crippen LogP contribution in [0.25, 0.3) is 0 Å². The molecule has 3 saturated heterocycles. The van der Waals surface area contributed by atoms with E-state index in [0.717, 1.165) is 31.7 Å². The van der Waals surface area contributed by atoms with Gasteiger partial charge in [0.25, 0.3) is 0 Å². The topological polar surface area (TPSA) is 61.9 Å². The van der Waals surface area contributed by atoms with Crippen LogP contribution in [-0.2, 0) is 17.6 Å². The fraction of sp³-hybridized carbons (Fsp3) is 0.619. The van der Waals surface area contributed by atoms with Crippen LogP contribution in [0, 0.1) is 5.92 Å². The van der Waals surface area contributed by atoms with E-state index in [4.69, 9.17) is 4.74 Å². The highest BCUT2D eigenvalue weighted by Gasteiger charge is 2.51. The molecule has 3 amide bonds. The molecule has 4 aliphatic rings. The van der Waals surface area contributed by atoms with E-state index in [1.807, 2.05) is 9.80 Å². The predicted molar refractivity (Wildman–Crippen MR) is 101 cm³/mol. The predicted octanol–water partition coefficient (Wildman–Crippen LogP) is 1.96. The number of amides is 3. The van der Waals surface area contributed by atoms with E-state index in [2.05, 4.69) is 23.5 Å². The van der Waals surface area contributed by atoms with Gasteiger partial charge in [-0.25, -0.2) is 4.79 Å². The maximum absolute atomic E-state index is 12.5. The Morgan fingerprint density at radius 2 is 1.89 bits per heavy atom. The standard InChI is InChI=1S/C21H27N3O3/c25-19-7-8-21(22-19)13-24(14-21)20(26)23-10-15(11-23)12-27-18-6-5-16-3-1-2-4-17(16)9-18/h5-6,9,15H,1-4,7-8,10-14H2,(H,22,25). The third kappa shape index (κ3) is 3.15. The van der Waals surface area contributed by atoms with Crippen LogP contribution in [0.15, 0.2) is 18.2 Å². The van der Waals surface area contributed by atoms with Crippen LogP contribution < -0.4 is 10.1 Å². The normalized spacial score (nSPS) is 23.5. The third-order valence-corrected chi connectivity index (χ3v) is 6.53. The minimum atomic E-state index is -0.132. The molecular weight excluding hydrogens is 342 g/mol. The molecular formula is C21H27N3O3. The summed E-state index contributed by atoms with van der Waals surface area (Å²) in [5.74, 6) is 1.49. The monoisotopic (exact) mass is 369 g/mol. The molecule has 3 fully saturated rings. The molecule has 27 heavy (non-hydrogen) atoms. The molecule has 1 aliphatic carbocycles. The molecule has 3 heterocycles. The SMILES string of the molecule is O=C1CCC2(CN(C(=O)N3CC(COc4ccc5c(c4)CCCC5)C3)C2)N1. The number of aryl methyl sites for hydroxylation is 2. The minimum Gasteiger partial charge on any atom is -0.493 e. The number of nitrogens with zero attached hydrogens (tertiary/aromatic N) is 2. The second kappa shape index (κ2) is 6.43. The van der Waals surface area contributed by atoms with Crippen LogP contribution in [-0.4, -0.2) is 60.1 Å². The Labute approximate surface area is 159 Å².